The first-order chi connectivity index (χ1) is 22.3. The summed E-state index contributed by atoms with van der Waals surface area (Å²) in [7, 11) is 0. The number of hydrogen-bond acceptors (Lipinski definition) is 4. The van der Waals surface area contributed by atoms with Crippen molar-refractivity contribution in [3.05, 3.63) is 139 Å². The van der Waals surface area contributed by atoms with Gasteiger partial charge in [0.1, 0.15) is 13.2 Å². The van der Waals surface area contributed by atoms with Crippen LogP contribution in [0.25, 0.3) is 60.5 Å². The number of nitrogens with zero attached hydrogens (tertiary/aromatic N) is 3. The Hall–Kier alpha value is -5.68. The summed E-state index contributed by atoms with van der Waals surface area (Å²) in [6.45, 7) is 2.71. The first kappa shape index (κ1) is 25.8. The molecule has 0 aliphatic carbocycles. The fourth-order valence-electron chi connectivity index (χ4n) is 6.82. The maximum absolute atomic E-state index is 5.82. The van der Waals surface area contributed by atoms with Crippen LogP contribution >= 0.6 is 0 Å². The molecule has 0 fully saturated rings. The highest BCUT2D eigenvalue weighted by molar-refractivity contribution is 6.24. The van der Waals surface area contributed by atoms with Gasteiger partial charge in [0.15, 0.2) is 0 Å². The van der Waals surface area contributed by atoms with Crippen LogP contribution in [0.5, 0.6) is 0 Å². The molecule has 0 bridgehead atoms. The van der Waals surface area contributed by atoms with Crippen molar-refractivity contribution in [3.8, 4) is 27.9 Å². The molecule has 0 amide bonds. The zero-order valence-electron chi connectivity index (χ0n) is 24.6. The molecule has 5 nitrogen and oxygen atoms in total. The number of para-hydroxylation sites is 1. The third-order valence-corrected chi connectivity index (χ3v) is 8.82. The van der Waals surface area contributed by atoms with Crippen LogP contribution in [0.4, 0.5) is 0 Å². The van der Waals surface area contributed by atoms with Crippen molar-refractivity contribution in [1.29, 1.82) is 0 Å². The lowest BCUT2D eigenvalue weighted by atomic mass is 9.93. The number of benzene rings is 6. The van der Waals surface area contributed by atoms with Gasteiger partial charge in [-0.25, -0.2) is 9.98 Å². The Morgan fingerprint density at radius 2 is 1.09 bits per heavy atom. The van der Waals surface area contributed by atoms with Crippen molar-refractivity contribution in [2.45, 2.75) is 0 Å². The summed E-state index contributed by atoms with van der Waals surface area (Å²) in [4.78, 5) is 9.11. The van der Waals surface area contributed by atoms with Gasteiger partial charge in [0.2, 0.25) is 11.8 Å². The van der Waals surface area contributed by atoms with Crippen LogP contribution < -0.4 is 0 Å². The molecule has 3 heterocycles. The number of fused-ring (bicyclic) bond motifs is 5. The third kappa shape index (κ3) is 4.31. The minimum Gasteiger partial charge on any atom is -0.476 e. The van der Waals surface area contributed by atoms with Crippen molar-refractivity contribution in [2.75, 3.05) is 26.3 Å². The summed E-state index contributed by atoms with van der Waals surface area (Å²) in [5.41, 5.74) is 10.1. The van der Waals surface area contributed by atoms with Crippen LogP contribution in [0.15, 0.2) is 137 Å². The molecular formula is C40H29N3O2. The Morgan fingerprint density at radius 3 is 1.80 bits per heavy atom. The van der Waals surface area contributed by atoms with E-state index in [1.807, 2.05) is 0 Å². The zero-order valence-corrected chi connectivity index (χ0v) is 24.6. The second-order valence-corrected chi connectivity index (χ2v) is 11.5. The molecule has 0 unspecified atom stereocenters. The van der Waals surface area contributed by atoms with Gasteiger partial charge in [0.25, 0.3) is 0 Å². The normalized spacial score (nSPS) is 14.5. The molecule has 0 saturated heterocycles. The van der Waals surface area contributed by atoms with Crippen LogP contribution in [-0.2, 0) is 9.47 Å². The first-order valence-electron chi connectivity index (χ1n) is 15.4. The van der Waals surface area contributed by atoms with Gasteiger partial charge in [-0.05, 0) is 81.6 Å². The van der Waals surface area contributed by atoms with E-state index in [2.05, 4.69) is 142 Å². The fraction of sp³-hybridized carbons (Fsp3) is 0.100. The molecule has 0 saturated carbocycles. The minimum absolute atomic E-state index is 0.639. The first-order valence-corrected chi connectivity index (χ1v) is 15.4. The lowest BCUT2D eigenvalue weighted by Gasteiger charge is -2.13. The highest BCUT2D eigenvalue weighted by atomic mass is 16.5. The Kier molecular flexibility index (Phi) is 6.01. The number of aromatic nitrogens is 1. The highest BCUT2D eigenvalue weighted by Crippen LogP contribution is 2.42. The van der Waals surface area contributed by atoms with Gasteiger partial charge in [-0.2, -0.15) is 0 Å². The molecule has 6 aromatic carbocycles. The minimum atomic E-state index is 0.639. The maximum atomic E-state index is 5.82. The van der Waals surface area contributed by atoms with E-state index in [0.717, 1.165) is 45.3 Å². The van der Waals surface area contributed by atoms with Crippen molar-refractivity contribution in [1.82, 2.24) is 4.57 Å². The Labute approximate surface area is 260 Å². The molecule has 9 rings (SSSR count). The Balaban J connectivity index is 1.32. The average molecular weight is 584 g/mol. The van der Waals surface area contributed by atoms with E-state index >= 15 is 0 Å². The molecule has 0 N–H and O–H groups in total. The molecule has 7 aromatic rings. The smallest absolute Gasteiger partial charge is 0.216 e. The van der Waals surface area contributed by atoms with Gasteiger partial charge in [-0.15, -0.1) is 0 Å². The predicted molar refractivity (Wildman–Crippen MR) is 184 cm³/mol. The van der Waals surface area contributed by atoms with Crippen molar-refractivity contribution < 1.29 is 9.47 Å². The second-order valence-electron chi connectivity index (χ2n) is 11.5. The van der Waals surface area contributed by atoms with Crippen LogP contribution in [0, 0.1) is 0 Å². The SMILES string of the molecule is c1ccc(-n2c3cc(-c4cccc(C5=NCCO5)c4)ccc3c3c4ccccc4c(-c4cccc(C5=NCCO5)c4)cc32)cc1. The number of aliphatic imine (C=N–C) groups is 2. The van der Waals surface area contributed by atoms with Crippen molar-refractivity contribution >= 4 is 44.4 Å². The molecule has 0 atom stereocenters. The number of rotatable bonds is 5. The molecule has 2 aliphatic rings. The van der Waals surface area contributed by atoms with Gasteiger partial charge < -0.3 is 14.0 Å². The lowest BCUT2D eigenvalue weighted by Crippen LogP contribution is -2.01. The summed E-state index contributed by atoms with van der Waals surface area (Å²) < 4.78 is 14.0. The highest BCUT2D eigenvalue weighted by Gasteiger charge is 2.20. The van der Waals surface area contributed by atoms with Gasteiger partial charge >= 0.3 is 0 Å². The molecule has 0 radical (unpaired) electrons. The summed E-state index contributed by atoms with van der Waals surface area (Å²) in [5, 5.41) is 4.93. The number of ether oxygens (including phenoxy) is 2. The monoisotopic (exact) mass is 583 g/mol. The molecular weight excluding hydrogens is 554 g/mol. The van der Waals surface area contributed by atoms with Crippen LogP contribution in [0.2, 0.25) is 0 Å². The maximum Gasteiger partial charge on any atom is 0.216 e. The lowest BCUT2D eigenvalue weighted by molar-refractivity contribution is 0.348. The standard InChI is InChI=1S/C40H29N3O2/c1-2-12-31(13-3-1)43-36-24-27(26-8-6-10-29(22-26)39-41-18-20-44-39)16-17-34(36)38-33-15-5-4-14-32(33)35(25-37(38)43)28-9-7-11-30(23-28)40-42-19-21-45-40/h1-17,22-25H,18-21H2. The van der Waals surface area contributed by atoms with Crippen molar-refractivity contribution in [3.63, 3.8) is 0 Å². The molecule has 45 heavy (non-hydrogen) atoms. The third-order valence-electron chi connectivity index (χ3n) is 8.82. The van der Waals surface area contributed by atoms with E-state index in [4.69, 9.17) is 9.47 Å². The van der Waals surface area contributed by atoms with E-state index in [0.29, 0.717) is 26.3 Å². The second kappa shape index (κ2) is 10.5. The van der Waals surface area contributed by atoms with Gasteiger partial charge in [0.05, 0.1) is 24.1 Å². The zero-order chi connectivity index (χ0) is 29.7. The topological polar surface area (TPSA) is 48.1 Å². The Morgan fingerprint density at radius 1 is 0.467 bits per heavy atom. The van der Waals surface area contributed by atoms with E-state index in [1.54, 1.807) is 0 Å². The van der Waals surface area contributed by atoms with E-state index in [1.165, 1.54) is 38.1 Å². The molecule has 0 spiro atoms. The van der Waals surface area contributed by atoms with E-state index < -0.39 is 0 Å². The summed E-state index contributed by atoms with van der Waals surface area (Å²) >= 11 is 0. The van der Waals surface area contributed by atoms with Gasteiger partial charge in [0, 0.05) is 27.6 Å². The summed E-state index contributed by atoms with van der Waals surface area (Å²) in [6.07, 6.45) is 0. The molecule has 216 valence electrons. The van der Waals surface area contributed by atoms with Crippen LogP contribution in [-0.4, -0.2) is 42.7 Å². The number of hydrogen-bond donors (Lipinski definition) is 0. The molecule has 5 heteroatoms. The summed E-state index contributed by atoms with van der Waals surface area (Å²) in [6, 6.07) is 45.7. The van der Waals surface area contributed by atoms with Crippen LogP contribution in [0.1, 0.15) is 11.1 Å². The molecule has 1 aromatic heterocycles. The van der Waals surface area contributed by atoms with Crippen molar-refractivity contribution in [2.24, 2.45) is 9.98 Å². The van der Waals surface area contributed by atoms with Gasteiger partial charge in [-0.1, -0.05) is 78.9 Å². The van der Waals surface area contributed by atoms with E-state index in [9.17, 15) is 0 Å². The van der Waals surface area contributed by atoms with Gasteiger partial charge in [-0.3, -0.25) is 0 Å². The summed E-state index contributed by atoms with van der Waals surface area (Å²) in [5.74, 6) is 1.45. The Bertz CT molecular complexity index is 2330. The predicted octanol–water partition coefficient (Wildman–Crippen LogP) is 8.82. The van der Waals surface area contributed by atoms with Crippen LogP contribution in [0.3, 0.4) is 0 Å². The van der Waals surface area contributed by atoms with E-state index in [-0.39, 0.29) is 0 Å². The quantitative estimate of drug-likeness (QED) is 0.203. The largest absolute Gasteiger partial charge is 0.476 e. The fourth-order valence-corrected chi connectivity index (χ4v) is 6.82. The molecule has 2 aliphatic heterocycles. The average Bonchev–Trinajstić information content (AvgIpc) is 3.90.